The van der Waals surface area contributed by atoms with Crippen LogP contribution in [0.25, 0.3) is 11.2 Å². The second kappa shape index (κ2) is 11.6. The van der Waals surface area contributed by atoms with Crippen molar-refractivity contribution < 1.29 is 42.9 Å². The highest BCUT2D eigenvalue weighted by atomic mass is 31.2. The number of aromatic amines is 1. The van der Waals surface area contributed by atoms with Crippen molar-refractivity contribution in [3.8, 4) is 0 Å². The van der Waals surface area contributed by atoms with Crippen LogP contribution in [0.1, 0.15) is 33.9 Å². The van der Waals surface area contributed by atoms with Crippen LogP contribution < -0.4 is 10.9 Å². The fourth-order valence-corrected chi connectivity index (χ4v) is 4.88. The van der Waals surface area contributed by atoms with Crippen molar-refractivity contribution in [1.29, 1.82) is 0 Å². The van der Waals surface area contributed by atoms with Crippen molar-refractivity contribution in [3.63, 3.8) is 0 Å². The monoisotopic (exact) mass is 531 g/mol. The molecule has 15 nitrogen and oxygen atoms in total. The summed E-state index contributed by atoms with van der Waals surface area (Å²) in [5.74, 6) is -1.78. The number of anilines is 1. The third-order valence-electron chi connectivity index (χ3n) is 5.19. The van der Waals surface area contributed by atoms with Gasteiger partial charge in [0, 0.05) is 5.92 Å². The Bertz CT molecular complexity index is 1190. The Balaban J connectivity index is 1.74. The SMILES string of the molecule is CCOP(=O)(CC(=O)OC[C@H]1O[C@@H](n2cnc3c(=O)[nH]c(NC(=O)C(C)C)nc32)[C@H](O)[C@@H]1O)OCC. The molecule has 0 aliphatic carbocycles. The lowest BCUT2D eigenvalue weighted by atomic mass is 10.1. The van der Waals surface area contributed by atoms with E-state index in [9.17, 15) is 29.2 Å². The first-order valence-electron chi connectivity index (χ1n) is 11.3. The molecular weight excluding hydrogens is 501 g/mol. The van der Waals surface area contributed by atoms with Gasteiger partial charge in [0.1, 0.15) is 31.1 Å². The molecule has 4 atom stereocenters. The number of carbonyl (C=O) groups excluding carboxylic acids is 2. The minimum absolute atomic E-state index is 0.0129. The summed E-state index contributed by atoms with van der Waals surface area (Å²) in [5.41, 5.74) is -0.731. The number of hydrogen-bond donors (Lipinski definition) is 4. The number of amides is 1. The molecule has 1 amide bonds. The van der Waals surface area contributed by atoms with Crippen LogP contribution in [-0.2, 0) is 32.7 Å². The van der Waals surface area contributed by atoms with Crippen LogP contribution in [0.5, 0.6) is 0 Å². The van der Waals surface area contributed by atoms with E-state index < -0.39 is 56.4 Å². The summed E-state index contributed by atoms with van der Waals surface area (Å²) in [7, 11) is -3.68. The van der Waals surface area contributed by atoms with Crippen molar-refractivity contribution in [1.82, 2.24) is 19.5 Å². The van der Waals surface area contributed by atoms with Gasteiger partial charge in [-0.3, -0.25) is 33.8 Å². The first-order valence-corrected chi connectivity index (χ1v) is 13.1. The zero-order chi connectivity index (χ0) is 26.6. The quantitative estimate of drug-likeness (QED) is 0.226. The maximum atomic E-state index is 12.5. The third kappa shape index (κ3) is 6.17. The Morgan fingerprint density at radius 3 is 2.53 bits per heavy atom. The molecule has 36 heavy (non-hydrogen) atoms. The van der Waals surface area contributed by atoms with Gasteiger partial charge < -0.3 is 28.7 Å². The largest absolute Gasteiger partial charge is 0.462 e. The van der Waals surface area contributed by atoms with Crippen molar-refractivity contribution in [2.45, 2.75) is 52.2 Å². The van der Waals surface area contributed by atoms with Crippen LogP contribution in [-0.4, -0.2) is 85.9 Å². The number of H-pyrrole nitrogens is 1. The Kier molecular flexibility index (Phi) is 8.98. The lowest BCUT2D eigenvalue weighted by molar-refractivity contribution is -0.147. The molecule has 4 N–H and O–H groups in total. The van der Waals surface area contributed by atoms with Crippen LogP contribution in [0.2, 0.25) is 0 Å². The van der Waals surface area contributed by atoms with Crippen LogP contribution in [0.4, 0.5) is 5.95 Å². The molecule has 0 saturated carbocycles. The van der Waals surface area contributed by atoms with E-state index in [1.807, 2.05) is 0 Å². The molecule has 0 radical (unpaired) electrons. The molecular formula is C20H30N5O10P. The maximum absolute atomic E-state index is 12.5. The lowest BCUT2D eigenvalue weighted by Gasteiger charge is -2.18. The topological polar surface area (TPSA) is 204 Å². The molecule has 0 bridgehead atoms. The summed E-state index contributed by atoms with van der Waals surface area (Å²) in [4.78, 5) is 47.2. The summed E-state index contributed by atoms with van der Waals surface area (Å²) in [5, 5.41) is 23.5. The first-order chi connectivity index (χ1) is 17.0. The van der Waals surface area contributed by atoms with Gasteiger partial charge in [-0.1, -0.05) is 13.8 Å². The van der Waals surface area contributed by atoms with Gasteiger partial charge >= 0.3 is 13.6 Å². The van der Waals surface area contributed by atoms with E-state index >= 15 is 0 Å². The van der Waals surface area contributed by atoms with E-state index in [1.165, 1.54) is 10.9 Å². The van der Waals surface area contributed by atoms with Crippen molar-refractivity contribution in [2.24, 2.45) is 5.92 Å². The van der Waals surface area contributed by atoms with Gasteiger partial charge in [0.05, 0.1) is 19.5 Å². The highest BCUT2D eigenvalue weighted by Crippen LogP contribution is 2.47. The Morgan fingerprint density at radius 1 is 1.25 bits per heavy atom. The van der Waals surface area contributed by atoms with E-state index in [-0.39, 0.29) is 42.2 Å². The number of fused-ring (bicyclic) bond motifs is 1. The zero-order valence-electron chi connectivity index (χ0n) is 20.2. The molecule has 1 aliphatic rings. The number of nitrogens with one attached hydrogen (secondary N) is 2. The normalized spacial score (nSPS) is 22.3. The minimum atomic E-state index is -3.68. The number of aliphatic hydroxyl groups excluding tert-OH is 2. The molecule has 0 unspecified atom stereocenters. The fraction of sp³-hybridized carbons (Fsp3) is 0.650. The average Bonchev–Trinajstić information content (AvgIpc) is 3.34. The van der Waals surface area contributed by atoms with Crippen molar-refractivity contribution in [2.75, 3.05) is 31.3 Å². The number of ether oxygens (including phenoxy) is 2. The minimum Gasteiger partial charge on any atom is -0.462 e. The van der Waals surface area contributed by atoms with Crippen molar-refractivity contribution in [3.05, 3.63) is 16.7 Å². The predicted molar refractivity (Wildman–Crippen MR) is 124 cm³/mol. The zero-order valence-corrected chi connectivity index (χ0v) is 21.1. The molecule has 2 aromatic heterocycles. The Labute approximate surface area is 205 Å². The molecule has 1 fully saturated rings. The summed E-state index contributed by atoms with van der Waals surface area (Å²) in [6.07, 6.45) is -4.82. The second-order valence-corrected chi connectivity index (χ2v) is 10.3. The molecule has 0 spiro atoms. The summed E-state index contributed by atoms with van der Waals surface area (Å²) in [6, 6.07) is 0. The van der Waals surface area contributed by atoms with Gasteiger partial charge in [0.15, 0.2) is 17.4 Å². The number of hydrogen-bond acceptors (Lipinski definition) is 12. The van der Waals surface area contributed by atoms with E-state index in [1.54, 1.807) is 27.7 Å². The smallest absolute Gasteiger partial charge is 0.341 e. The standard InChI is InChI=1S/C20H30N5O10P/c1-5-33-36(31,34-6-2)8-12(26)32-7-11-14(27)15(28)19(35-11)25-9-21-13-16(25)22-20(24-18(13)30)23-17(29)10(3)4/h9-11,14-15,19,27-28H,5-8H2,1-4H3,(H2,22,23,24,29,30)/t11-,14-,15-,19-/m1/s1. The van der Waals surface area contributed by atoms with Gasteiger partial charge in [0.25, 0.3) is 5.56 Å². The van der Waals surface area contributed by atoms with E-state index in [0.29, 0.717) is 0 Å². The average molecular weight is 531 g/mol. The molecule has 3 heterocycles. The van der Waals surface area contributed by atoms with Crippen LogP contribution in [0.3, 0.4) is 0 Å². The van der Waals surface area contributed by atoms with Gasteiger partial charge in [-0.2, -0.15) is 4.98 Å². The van der Waals surface area contributed by atoms with E-state index in [2.05, 4.69) is 20.3 Å². The molecule has 1 aliphatic heterocycles. The van der Waals surface area contributed by atoms with Gasteiger partial charge in [-0.15, -0.1) is 0 Å². The molecule has 0 aromatic carbocycles. The highest BCUT2D eigenvalue weighted by Gasteiger charge is 2.45. The number of imidazole rings is 1. The number of aliphatic hydroxyl groups is 2. The number of rotatable bonds is 11. The van der Waals surface area contributed by atoms with Crippen LogP contribution >= 0.6 is 7.60 Å². The van der Waals surface area contributed by atoms with Gasteiger partial charge in [-0.25, -0.2) is 4.98 Å². The molecule has 3 rings (SSSR count). The van der Waals surface area contributed by atoms with Gasteiger partial charge in [0.2, 0.25) is 11.9 Å². The number of carbonyl (C=O) groups is 2. The van der Waals surface area contributed by atoms with E-state index in [4.69, 9.17) is 18.5 Å². The molecule has 16 heteroatoms. The second-order valence-electron chi connectivity index (χ2n) is 8.22. The molecule has 1 saturated heterocycles. The highest BCUT2D eigenvalue weighted by molar-refractivity contribution is 7.54. The maximum Gasteiger partial charge on any atom is 0.341 e. The third-order valence-corrected chi connectivity index (χ3v) is 7.14. The lowest BCUT2D eigenvalue weighted by Crippen LogP contribution is -2.34. The number of nitrogens with zero attached hydrogens (tertiary/aromatic N) is 3. The molecule has 200 valence electrons. The summed E-state index contributed by atoms with van der Waals surface area (Å²) < 4.78 is 34.6. The molecule has 2 aromatic rings. The van der Waals surface area contributed by atoms with E-state index in [0.717, 1.165) is 0 Å². The first kappa shape index (κ1) is 27.9. The Hall–Kier alpha value is -2.68. The van der Waals surface area contributed by atoms with Crippen molar-refractivity contribution >= 4 is 36.6 Å². The Morgan fingerprint density at radius 2 is 1.92 bits per heavy atom. The number of aromatic nitrogens is 4. The van der Waals surface area contributed by atoms with Crippen LogP contribution in [0.15, 0.2) is 11.1 Å². The van der Waals surface area contributed by atoms with Crippen LogP contribution in [0, 0.1) is 5.92 Å². The summed E-state index contributed by atoms with van der Waals surface area (Å²) in [6.45, 7) is 6.21. The summed E-state index contributed by atoms with van der Waals surface area (Å²) >= 11 is 0. The number of esters is 1. The van der Waals surface area contributed by atoms with Gasteiger partial charge in [-0.05, 0) is 13.8 Å². The fourth-order valence-electron chi connectivity index (χ4n) is 3.43. The predicted octanol–water partition coefficient (Wildman–Crippen LogP) is 0.143.